The first-order valence-electron chi connectivity index (χ1n) is 8.30. The molecule has 20 heavy (non-hydrogen) atoms. The maximum absolute atomic E-state index is 11.5. The summed E-state index contributed by atoms with van der Waals surface area (Å²) in [6.07, 6.45) is 9.18. The second-order valence-corrected chi connectivity index (χ2v) is 8.16. The summed E-state index contributed by atoms with van der Waals surface area (Å²) in [5.41, 5.74) is 0. The summed E-state index contributed by atoms with van der Waals surface area (Å²) in [4.78, 5) is 11.5. The van der Waals surface area contributed by atoms with Crippen LogP contribution < -0.4 is 0 Å². The zero-order chi connectivity index (χ0) is 13.2. The van der Waals surface area contributed by atoms with Gasteiger partial charge in [-0.25, -0.2) is 0 Å². The zero-order valence-electron chi connectivity index (χ0n) is 11.4. The molecular weight excluding hydrogens is 252 g/mol. The number of fused-ring (bicyclic) bond motifs is 16. The molecule has 106 valence electrons. The van der Waals surface area contributed by atoms with Crippen molar-refractivity contribution in [3.05, 3.63) is 12.2 Å². The van der Waals surface area contributed by atoms with Gasteiger partial charge < -0.3 is 9.84 Å². The molecule has 6 aliphatic rings. The van der Waals surface area contributed by atoms with Gasteiger partial charge in [0.05, 0.1) is 18.1 Å². The third-order valence-electron chi connectivity index (χ3n) is 7.86. The summed E-state index contributed by atoms with van der Waals surface area (Å²) in [5, 5.41) is 9.47. The second-order valence-electron chi connectivity index (χ2n) is 8.16. The predicted octanol–water partition coefficient (Wildman–Crippen LogP) is 2.18. The van der Waals surface area contributed by atoms with E-state index in [0.29, 0.717) is 35.9 Å². The second kappa shape index (κ2) is 3.16. The summed E-state index contributed by atoms with van der Waals surface area (Å²) >= 11 is 0. The number of aliphatic carboxylic acids is 1. The largest absolute Gasteiger partial charge is 0.481 e. The van der Waals surface area contributed by atoms with E-state index < -0.39 is 5.97 Å². The minimum Gasteiger partial charge on any atom is -0.481 e. The van der Waals surface area contributed by atoms with Crippen molar-refractivity contribution in [2.24, 2.45) is 53.3 Å². The molecule has 11 unspecified atom stereocenters. The molecule has 3 nitrogen and oxygen atoms in total. The van der Waals surface area contributed by atoms with Crippen molar-refractivity contribution < 1.29 is 14.6 Å². The molecule has 0 aromatic heterocycles. The summed E-state index contributed by atoms with van der Waals surface area (Å²) in [6.45, 7) is 0. The van der Waals surface area contributed by atoms with Gasteiger partial charge in [0.2, 0.25) is 0 Å². The van der Waals surface area contributed by atoms with E-state index >= 15 is 0 Å². The molecule has 0 spiro atoms. The van der Waals surface area contributed by atoms with Gasteiger partial charge in [0.25, 0.3) is 0 Å². The van der Waals surface area contributed by atoms with E-state index in [1.165, 1.54) is 12.8 Å². The molecule has 4 aliphatic carbocycles. The number of carbonyl (C=O) groups is 1. The maximum atomic E-state index is 11.5. The number of ether oxygens (including phenoxy) is 1. The van der Waals surface area contributed by atoms with E-state index in [0.717, 1.165) is 30.1 Å². The minimum atomic E-state index is -0.553. The highest BCUT2D eigenvalue weighted by atomic mass is 16.5. The van der Waals surface area contributed by atoms with Gasteiger partial charge in [-0.2, -0.15) is 0 Å². The molecule has 2 saturated heterocycles. The van der Waals surface area contributed by atoms with E-state index in [1.807, 2.05) is 0 Å². The van der Waals surface area contributed by atoms with Crippen molar-refractivity contribution in [2.45, 2.75) is 31.5 Å². The van der Waals surface area contributed by atoms with Crippen LogP contribution in [0.1, 0.15) is 19.3 Å². The Morgan fingerprint density at radius 1 is 0.950 bits per heavy atom. The molecule has 0 aromatic carbocycles. The third-order valence-corrected chi connectivity index (χ3v) is 7.86. The van der Waals surface area contributed by atoms with Gasteiger partial charge in [0, 0.05) is 0 Å². The molecule has 6 rings (SSSR count). The Morgan fingerprint density at radius 2 is 1.65 bits per heavy atom. The molecule has 3 heteroatoms. The SMILES string of the molecule is O=C(O)C1CC2CC1C1C3OC(C4C5C=CC(C5)C34)C21. The minimum absolute atomic E-state index is 0.0724. The summed E-state index contributed by atoms with van der Waals surface area (Å²) < 4.78 is 6.46. The molecule has 0 aromatic rings. The lowest BCUT2D eigenvalue weighted by atomic mass is 9.59. The van der Waals surface area contributed by atoms with E-state index in [9.17, 15) is 9.90 Å². The third kappa shape index (κ3) is 0.966. The first-order valence-corrected chi connectivity index (χ1v) is 8.30. The first-order chi connectivity index (χ1) is 9.74. The van der Waals surface area contributed by atoms with Crippen LogP contribution in [0.2, 0.25) is 0 Å². The normalized spacial score (nSPS) is 66.9. The lowest BCUT2D eigenvalue weighted by Gasteiger charge is -2.42. The Balaban J connectivity index is 1.41. The van der Waals surface area contributed by atoms with Crippen LogP contribution in [0.15, 0.2) is 12.2 Å². The molecule has 1 N–H and O–H groups in total. The van der Waals surface area contributed by atoms with Crippen LogP contribution in [-0.2, 0) is 9.53 Å². The Bertz CT molecular complexity index is 540. The van der Waals surface area contributed by atoms with E-state index in [2.05, 4.69) is 12.2 Å². The van der Waals surface area contributed by atoms with Crippen LogP contribution in [0.3, 0.4) is 0 Å². The van der Waals surface area contributed by atoms with Gasteiger partial charge in [-0.15, -0.1) is 0 Å². The highest BCUT2D eigenvalue weighted by Crippen LogP contribution is 2.71. The number of hydrogen-bond acceptors (Lipinski definition) is 2. The molecular formula is C17H20O3. The highest BCUT2D eigenvalue weighted by molar-refractivity contribution is 5.71. The van der Waals surface area contributed by atoms with Crippen LogP contribution in [0.5, 0.6) is 0 Å². The van der Waals surface area contributed by atoms with Crippen molar-refractivity contribution in [2.75, 3.05) is 0 Å². The van der Waals surface area contributed by atoms with Crippen LogP contribution in [0.25, 0.3) is 0 Å². The molecule has 3 saturated carbocycles. The summed E-state index contributed by atoms with van der Waals surface area (Å²) in [5.74, 6) is 4.73. The Morgan fingerprint density at radius 3 is 2.35 bits per heavy atom. The Labute approximate surface area is 118 Å². The number of carboxylic acid groups (broad SMARTS) is 1. The lowest BCUT2D eigenvalue weighted by molar-refractivity contribution is -0.145. The van der Waals surface area contributed by atoms with Gasteiger partial charge in [0.15, 0.2) is 0 Å². The maximum Gasteiger partial charge on any atom is 0.306 e. The van der Waals surface area contributed by atoms with Gasteiger partial charge in [-0.3, -0.25) is 4.79 Å². The molecule has 6 bridgehead atoms. The molecule has 0 amide bonds. The number of rotatable bonds is 1. The molecule has 5 fully saturated rings. The fraction of sp³-hybridized carbons (Fsp3) is 0.824. The van der Waals surface area contributed by atoms with Gasteiger partial charge in [-0.1, -0.05) is 12.2 Å². The van der Waals surface area contributed by atoms with Crippen molar-refractivity contribution in [1.82, 2.24) is 0 Å². The predicted molar refractivity (Wildman–Crippen MR) is 70.7 cm³/mol. The van der Waals surface area contributed by atoms with Crippen molar-refractivity contribution >= 4 is 5.97 Å². The number of hydrogen-bond donors (Lipinski definition) is 1. The fourth-order valence-corrected chi connectivity index (χ4v) is 7.57. The zero-order valence-corrected chi connectivity index (χ0v) is 11.4. The van der Waals surface area contributed by atoms with Crippen molar-refractivity contribution in [3.8, 4) is 0 Å². The summed E-state index contributed by atoms with van der Waals surface area (Å²) in [7, 11) is 0. The van der Waals surface area contributed by atoms with Crippen LogP contribution in [0, 0.1) is 53.3 Å². The fourth-order valence-electron chi connectivity index (χ4n) is 7.57. The Kier molecular flexibility index (Phi) is 1.71. The van der Waals surface area contributed by atoms with Gasteiger partial charge in [-0.05, 0) is 66.6 Å². The van der Waals surface area contributed by atoms with Gasteiger partial charge >= 0.3 is 5.97 Å². The highest BCUT2D eigenvalue weighted by Gasteiger charge is 2.72. The summed E-state index contributed by atoms with van der Waals surface area (Å²) in [6, 6.07) is 0. The van der Waals surface area contributed by atoms with E-state index in [-0.39, 0.29) is 5.92 Å². The van der Waals surface area contributed by atoms with E-state index in [1.54, 1.807) is 0 Å². The van der Waals surface area contributed by atoms with Crippen molar-refractivity contribution in [1.29, 1.82) is 0 Å². The molecule has 0 radical (unpaired) electrons. The average molecular weight is 272 g/mol. The van der Waals surface area contributed by atoms with Crippen LogP contribution >= 0.6 is 0 Å². The monoisotopic (exact) mass is 272 g/mol. The van der Waals surface area contributed by atoms with Gasteiger partial charge in [0.1, 0.15) is 0 Å². The number of carboxylic acids is 1. The lowest BCUT2D eigenvalue weighted by Crippen LogP contribution is -2.46. The first kappa shape index (κ1) is 10.8. The number of allylic oxidation sites excluding steroid dienone is 2. The van der Waals surface area contributed by atoms with Crippen LogP contribution in [-0.4, -0.2) is 23.3 Å². The average Bonchev–Trinajstić information content (AvgIpc) is 3.20. The van der Waals surface area contributed by atoms with Crippen molar-refractivity contribution in [3.63, 3.8) is 0 Å². The van der Waals surface area contributed by atoms with E-state index in [4.69, 9.17) is 4.74 Å². The topological polar surface area (TPSA) is 46.5 Å². The molecule has 11 atom stereocenters. The quantitative estimate of drug-likeness (QED) is 0.744. The smallest absolute Gasteiger partial charge is 0.306 e. The standard InChI is InChI=1S/C17H20O3/c18-17(19)10-5-8-4-9(10)14-13(8)15-11-6-1-2-7(3-6)12(11)16(14)20-15/h1-2,6-16H,3-5H2,(H,18,19). The van der Waals surface area contributed by atoms with Crippen LogP contribution in [0.4, 0.5) is 0 Å². The molecule has 2 heterocycles. The Hall–Kier alpha value is -0.830. The molecule has 2 aliphatic heterocycles.